The van der Waals surface area contributed by atoms with E-state index in [1.165, 1.54) is 30.3 Å². The Hall–Kier alpha value is -1.74. The van der Waals surface area contributed by atoms with Crippen molar-refractivity contribution in [1.29, 1.82) is 0 Å². The number of benzene rings is 2. The minimum atomic E-state index is -0.697. The second-order valence-electron chi connectivity index (χ2n) is 3.42. The molecule has 2 aromatic carbocycles. The molecule has 0 N–H and O–H groups in total. The largest absolute Gasteiger partial charge is 0.298 e. The summed E-state index contributed by atoms with van der Waals surface area (Å²) in [5.41, 5.74) is -0.00151. The Labute approximate surface area is 102 Å². The molecular formula is C13H7ClF2O. The molecule has 0 aliphatic rings. The van der Waals surface area contributed by atoms with Crippen LogP contribution in [0.4, 0.5) is 8.78 Å². The molecule has 0 saturated heterocycles. The third-order valence-electron chi connectivity index (χ3n) is 2.40. The summed E-state index contributed by atoms with van der Waals surface area (Å²) in [6, 6.07) is 8.14. The molecule has 1 nitrogen and oxygen atoms in total. The molecule has 0 saturated carbocycles. The van der Waals surface area contributed by atoms with Gasteiger partial charge in [-0.3, -0.25) is 4.79 Å². The summed E-state index contributed by atoms with van der Waals surface area (Å²) in [7, 11) is 0. The molecule has 2 rings (SSSR count). The highest BCUT2D eigenvalue weighted by atomic mass is 35.5. The van der Waals surface area contributed by atoms with Crippen molar-refractivity contribution in [2.45, 2.75) is 0 Å². The fourth-order valence-electron chi connectivity index (χ4n) is 1.63. The number of rotatable bonds is 2. The second kappa shape index (κ2) is 4.63. The summed E-state index contributed by atoms with van der Waals surface area (Å²) in [6.45, 7) is 0. The molecule has 17 heavy (non-hydrogen) atoms. The zero-order valence-corrected chi connectivity index (χ0v) is 9.34. The molecule has 4 heteroatoms. The number of carbonyl (C=O) groups is 1. The van der Waals surface area contributed by atoms with Gasteiger partial charge < -0.3 is 0 Å². The predicted molar refractivity (Wildman–Crippen MR) is 62.2 cm³/mol. The van der Waals surface area contributed by atoms with Crippen LogP contribution in [0, 0.1) is 11.6 Å². The zero-order valence-electron chi connectivity index (χ0n) is 8.58. The van der Waals surface area contributed by atoms with Crippen LogP contribution >= 0.6 is 11.6 Å². The number of hydrogen-bond acceptors (Lipinski definition) is 1. The summed E-state index contributed by atoms with van der Waals surface area (Å²) in [4.78, 5) is 10.8. The van der Waals surface area contributed by atoms with Crippen molar-refractivity contribution in [1.82, 2.24) is 0 Å². The first-order chi connectivity index (χ1) is 8.15. The van der Waals surface area contributed by atoms with Crippen LogP contribution in [0.25, 0.3) is 11.1 Å². The van der Waals surface area contributed by atoms with Crippen molar-refractivity contribution in [2.75, 3.05) is 0 Å². The maximum absolute atomic E-state index is 13.7. The molecular weight excluding hydrogens is 246 g/mol. The zero-order chi connectivity index (χ0) is 12.4. The smallest absolute Gasteiger partial charge is 0.153 e. The van der Waals surface area contributed by atoms with Crippen molar-refractivity contribution in [3.8, 4) is 11.1 Å². The van der Waals surface area contributed by atoms with Gasteiger partial charge in [-0.1, -0.05) is 29.8 Å². The Balaban J connectivity index is 2.77. The molecule has 0 atom stereocenters. The topological polar surface area (TPSA) is 17.1 Å². The minimum absolute atomic E-state index is 0.0377. The van der Waals surface area contributed by atoms with Crippen LogP contribution in [-0.2, 0) is 0 Å². The van der Waals surface area contributed by atoms with E-state index in [9.17, 15) is 13.6 Å². The number of hydrogen-bond donors (Lipinski definition) is 0. The van der Waals surface area contributed by atoms with Gasteiger partial charge >= 0.3 is 0 Å². The molecule has 0 amide bonds. The maximum Gasteiger partial charge on any atom is 0.153 e. The Morgan fingerprint density at radius 3 is 2.29 bits per heavy atom. The molecule has 86 valence electrons. The Bertz CT molecular complexity index is 561. The predicted octanol–water partition coefficient (Wildman–Crippen LogP) is 4.10. The van der Waals surface area contributed by atoms with Gasteiger partial charge in [0.25, 0.3) is 0 Å². The Kier molecular flexibility index (Phi) is 3.20. The van der Waals surface area contributed by atoms with Crippen LogP contribution in [0.5, 0.6) is 0 Å². The Morgan fingerprint density at radius 2 is 1.65 bits per heavy atom. The first-order valence-corrected chi connectivity index (χ1v) is 5.21. The van der Waals surface area contributed by atoms with Crippen molar-refractivity contribution in [3.05, 3.63) is 58.6 Å². The van der Waals surface area contributed by atoms with Gasteiger partial charge in [0.15, 0.2) is 6.29 Å². The molecule has 2 aromatic rings. The van der Waals surface area contributed by atoms with Gasteiger partial charge in [-0.15, -0.1) is 0 Å². The van der Waals surface area contributed by atoms with Crippen LogP contribution in [0.3, 0.4) is 0 Å². The van der Waals surface area contributed by atoms with Crippen LogP contribution < -0.4 is 0 Å². The first-order valence-electron chi connectivity index (χ1n) is 4.83. The average Bonchev–Trinajstić information content (AvgIpc) is 2.29. The normalized spacial score (nSPS) is 10.3. The van der Waals surface area contributed by atoms with Gasteiger partial charge in [-0.25, -0.2) is 8.78 Å². The molecule has 0 aliphatic carbocycles. The summed E-state index contributed by atoms with van der Waals surface area (Å²) in [5.74, 6) is -1.29. The summed E-state index contributed by atoms with van der Waals surface area (Å²) in [5, 5.41) is 0.138. The van der Waals surface area contributed by atoms with Crippen LogP contribution in [0.1, 0.15) is 10.4 Å². The molecule has 0 radical (unpaired) electrons. The lowest BCUT2D eigenvalue weighted by Crippen LogP contribution is -1.95. The molecule has 0 aliphatic heterocycles. The first kappa shape index (κ1) is 11.7. The highest BCUT2D eigenvalue weighted by Crippen LogP contribution is 2.33. The van der Waals surface area contributed by atoms with Crippen LogP contribution in [-0.4, -0.2) is 6.29 Å². The highest BCUT2D eigenvalue weighted by Gasteiger charge is 2.15. The lowest BCUT2D eigenvalue weighted by atomic mass is 9.99. The quantitative estimate of drug-likeness (QED) is 0.736. The Morgan fingerprint density at radius 1 is 1.00 bits per heavy atom. The van der Waals surface area contributed by atoms with E-state index in [2.05, 4.69) is 0 Å². The molecule has 0 bridgehead atoms. The molecule has 0 unspecified atom stereocenters. The molecule has 0 fully saturated rings. The summed E-state index contributed by atoms with van der Waals surface area (Å²) in [6.07, 6.45) is 0.355. The average molecular weight is 253 g/mol. The fourth-order valence-corrected chi connectivity index (χ4v) is 1.89. The number of carbonyl (C=O) groups excluding carboxylic acids is 1. The molecule has 0 aromatic heterocycles. The SMILES string of the molecule is O=Cc1c(F)cccc1-c1c(F)cccc1Cl. The lowest BCUT2D eigenvalue weighted by molar-refractivity contribution is 0.112. The van der Waals surface area contributed by atoms with E-state index in [1.54, 1.807) is 0 Å². The second-order valence-corrected chi connectivity index (χ2v) is 3.82. The van der Waals surface area contributed by atoms with E-state index in [1.807, 2.05) is 0 Å². The van der Waals surface area contributed by atoms with Crippen molar-refractivity contribution >= 4 is 17.9 Å². The summed E-state index contributed by atoms with van der Waals surface area (Å²) >= 11 is 5.87. The van der Waals surface area contributed by atoms with Gasteiger partial charge in [-0.05, 0) is 23.8 Å². The van der Waals surface area contributed by atoms with E-state index in [0.717, 1.165) is 6.07 Å². The minimum Gasteiger partial charge on any atom is -0.298 e. The van der Waals surface area contributed by atoms with Crippen molar-refractivity contribution in [3.63, 3.8) is 0 Å². The van der Waals surface area contributed by atoms with Crippen LogP contribution in [0.15, 0.2) is 36.4 Å². The highest BCUT2D eigenvalue weighted by molar-refractivity contribution is 6.33. The van der Waals surface area contributed by atoms with Crippen LogP contribution in [0.2, 0.25) is 5.02 Å². The van der Waals surface area contributed by atoms with E-state index < -0.39 is 11.6 Å². The number of aldehydes is 1. The van der Waals surface area contributed by atoms with E-state index in [0.29, 0.717) is 6.29 Å². The molecule has 0 spiro atoms. The van der Waals surface area contributed by atoms with Crippen molar-refractivity contribution < 1.29 is 13.6 Å². The van der Waals surface area contributed by atoms with Gasteiger partial charge in [0, 0.05) is 5.56 Å². The standard InChI is InChI=1S/C13H7ClF2O/c14-10-4-2-6-12(16)13(10)8-3-1-5-11(15)9(8)7-17/h1-7H. The number of halogens is 3. The monoisotopic (exact) mass is 252 g/mol. The third-order valence-corrected chi connectivity index (χ3v) is 2.72. The van der Waals surface area contributed by atoms with Gasteiger partial charge in [0.2, 0.25) is 0 Å². The van der Waals surface area contributed by atoms with Gasteiger partial charge in [-0.2, -0.15) is 0 Å². The summed E-state index contributed by atoms with van der Waals surface area (Å²) < 4.78 is 27.1. The van der Waals surface area contributed by atoms with E-state index in [-0.39, 0.29) is 21.7 Å². The third kappa shape index (κ3) is 2.06. The van der Waals surface area contributed by atoms with Crippen molar-refractivity contribution in [2.24, 2.45) is 0 Å². The lowest BCUT2D eigenvalue weighted by Gasteiger charge is -2.08. The fraction of sp³-hybridized carbons (Fsp3) is 0. The van der Waals surface area contributed by atoms with E-state index in [4.69, 9.17) is 11.6 Å². The molecule has 0 heterocycles. The van der Waals surface area contributed by atoms with Gasteiger partial charge in [0.05, 0.1) is 10.6 Å². The maximum atomic E-state index is 13.7. The van der Waals surface area contributed by atoms with Gasteiger partial charge in [0.1, 0.15) is 11.6 Å². The van der Waals surface area contributed by atoms with E-state index >= 15 is 0 Å².